The lowest BCUT2D eigenvalue weighted by Gasteiger charge is -2.58. The van der Waals surface area contributed by atoms with Crippen LogP contribution in [0.15, 0.2) is 11.6 Å². The predicted octanol–water partition coefficient (Wildman–Crippen LogP) is 4.54. The van der Waals surface area contributed by atoms with Crippen LogP contribution in [0.2, 0.25) is 0 Å². The van der Waals surface area contributed by atoms with E-state index in [0.717, 1.165) is 38.0 Å². The number of fused-ring (bicyclic) bond motifs is 5. The lowest BCUT2D eigenvalue weighted by atomic mass is 9.47. The standard InChI is InChI=1S/C26H41NO4/c1-16(24(31)27-14-4-5-23(29)30)20-8-9-21-19-7-6-17-15-18(28)10-12-25(17,2)22(19)11-13-26(20,21)3/h6,16,18-22,28H,4-5,7-15H2,1-3H3,(H,27,31)(H,29,30)/t16-,18-,19-,20+,21-,22-,25-,26+/m0/s1. The molecule has 0 unspecified atom stereocenters. The Morgan fingerprint density at radius 3 is 2.68 bits per heavy atom. The Labute approximate surface area is 187 Å². The lowest BCUT2D eigenvalue weighted by molar-refractivity contribution is -0.137. The Kier molecular flexibility index (Phi) is 6.28. The van der Waals surface area contributed by atoms with E-state index in [0.29, 0.717) is 30.7 Å². The van der Waals surface area contributed by atoms with Crippen LogP contribution in [0.3, 0.4) is 0 Å². The number of allylic oxidation sites excluding steroid dienone is 1. The second-order valence-corrected chi connectivity index (χ2v) is 11.5. The molecule has 31 heavy (non-hydrogen) atoms. The third-order valence-electron chi connectivity index (χ3n) is 10.0. The molecule has 0 aromatic carbocycles. The maximum absolute atomic E-state index is 12.9. The van der Waals surface area contributed by atoms with E-state index < -0.39 is 5.97 Å². The van der Waals surface area contributed by atoms with E-state index in [1.165, 1.54) is 24.8 Å². The molecule has 3 fully saturated rings. The van der Waals surface area contributed by atoms with Crippen LogP contribution in [0.5, 0.6) is 0 Å². The summed E-state index contributed by atoms with van der Waals surface area (Å²) >= 11 is 0. The monoisotopic (exact) mass is 431 g/mol. The maximum atomic E-state index is 12.9. The minimum Gasteiger partial charge on any atom is -0.481 e. The molecule has 8 atom stereocenters. The zero-order chi connectivity index (χ0) is 22.4. The number of carbonyl (C=O) groups is 2. The van der Waals surface area contributed by atoms with Gasteiger partial charge in [0.25, 0.3) is 0 Å². The first kappa shape index (κ1) is 22.8. The molecular formula is C26H41NO4. The second-order valence-electron chi connectivity index (χ2n) is 11.5. The molecule has 0 spiro atoms. The van der Waals surface area contributed by atoms with Crippen LogP contribution in [0, 0.1) is 40.4 Å². The number of aliphatic hydroxyl groups is 1. The second kappa shape index (κ2) is 8.53. The fourth-order valence-electron chi connectivity index (χ4n) is 8.30. The zero-order valence-corrected chi connectivity index (χ0v) is 19.5. The third kappa shape index (κ3) is 3.96. The van der Waals surface area contributed by atoms with Crippen molar-refractivity contribution < 1.29 is 19.8 Å². The first-order valence-electron chi connectivity index (χ1n) is 12.5. The third-order valence-corrected chi connectivity index (χ3v) is 10.0. The average molecular weight is 432 g/mol. The quantitative estimate of drug-likeness (QED) is 0.425. The fourth-order valence-corrected chi connectivity index (χ4v) is 8.30. The topological polar surface area (TPSA) is 86.6 Å². The molecule has 3 saturated carbocycles. The Balaban J connectivity index is 1.44. The Morgan fingerprint density at radius 2 is 1.94 bits per heavy atom. The van der Waals surface area contributed by atoms with E-state index in [1.54, 1.807) is 0 Å². The molecule has 0 aliphatic heterocycles. The number of carboxylic acid groups (broad SMARTS) is 1. The number of rotatable bonds is 6. The highest BCUT2D eigenvalue weighted by atomic mass is 16.4. The Hall–Kier alpha value is -1.36. The molecule has 0 bridgehead atoms. The lowest BCUT2D eigenvalue weighted by Crippen LogP contribution is -2.51. The van der Waals surface area contributed by atoms with Crippen molar-refractivity contribution in [2.75, 3.05) is 6.54 Å². The molecule has 0 heterocycles. The van der Waals surface area contributed by atoms with Crippen molar-refractivity contribution in [3.63, 3.8) is 0 Å². The highest BCUT2D eigenvalue weighted by molar-refractivity contribution is 5.78. The molecule has 1 amide bonds. The number of nitrogens with one attached hydrogen (secondary N) is 1. The van der Waals surface area contributed by atoms with E-state index in [1.807, 2.05) is 0 Å². The summed E-state index contributed by atoms with van der Waals surface area (Å²) in [4.78, 5) is 23.6. The normalized spacial score (nSPS) is 42.6. The number of hydrogen-bond acceptors (Lipinski definition) is 3. The van der Waals surface area contributed by atoms with Crippen LogP contribution in [0.1, 0.15) is 85.0 Å². The largest absolute Gasteiger partial charge is 0.481 e. The van der Waals surface area contributed by atoms with E-state index >= 15 is 0 Å². The molecule has 0 aromatic heterocycles. The molecule has 174 valence electrons. The molecule has 0 aromatic rings. The molecule has 4 aliphatic carbocycles. The van der Waals surface area contributed by atoms with Gasteiger partial charge in [-0.1, -0.05) is 32.4 Å². The summed E-state index contributed by atoms with van der Waals surface area (Å²) in [6, 6.07) is 0. The Bertz CT molecular complexity index is 748. The van der Waals surface area contributed by atoms with Crippen molar-refractivity contribution in [1.82, 2.24) is 5.32 Å². The number of carboxylic acids is 1. The van der Waals surface area contributed by atoms with Gasteiger partial charge < -0.3 is 15.5 Å². The molecule has 0 saturated heterocycles. The first-order chi connectivity index (χ1) is 14.7. The summed E-state index contributed by atoms with van der Waals surface area (Å²) in [5, 5.41) is 22.0. The highest BCUT2D eigenvalue weighted by Gasteiger charge is 2.59. The highest BCUT2D eigenvalue weighted by Crippen LogP contribution is 2.67. The molecule has 4 rings (SSSR count). The van der Waals surface area contributed by atoms with Crippen LogP contribution in [0.4, 0.5) is 0 Å². The summed E-state index contributed by atoms with van der Waals surface area (Å²) in [6.45, 7) is 7.44. The van der Waals surface area contributed by atoms with Crippen molar-refractivity contribution in [3.05, 3.63) is 11.6 Å². The van der Waals surface area contributed by atoms with Crippen molar-refractivity contribution in [1.29, 1.82) is 0 Å². The number of hydrogen-bond donors (Lipinski definition) is 3. The van der Waals surface area contributed by atoms with Crippen molar-refractivity contribution in [2.24, 2.45) is 40.4 Å². The van der Waals surface area contributed by atoms with Crippen LogP contribution >= 0.6 is 0 Å². The molecule has 3 N–H and O–H groups in total. The van der Waals surface area contributed by atoms with Gasteiger partial charge in [-0.3, -0.25) is 9.59 Å². The van der Waals surface area contributed by atoms with Crippen molar-refractivity contribution in [2.45, 2.75) is 91.1 Å². The van der Waals surface area contributed by atoms with Gasteiger partial charge in [0.05, 0.1) is 6.10 Å². The number of aliphatic carboxylic acids is 1. The first-order valence-corrected chi connectivity index (χ1v) is 12.5. The van der Waals surface area contributed by atoms with Gasteiger partial charge in [0, 0.05) is 18.9 Å². The number of carbonyl (C=O) groups excluding carboxylic acids is 1. The number of amides is 1. The van der Waals surface area contributed by atoms with Gasteiger partial charge in [0.15, 0.2) is 0 Å². The molecule has 5 nitrogen and oxygen atoms in total. The zero-order valence-electron chi connectivity index (χ0n) is 19.5. The van der Waals surface area contributed by atoms with Crippen LogP contribution in [-0.2, 0) is 9.59 Å². The van der Waals surface area contributed by atoms with Crippen LogP contribution < -0.4 is 5.32 Å². The van der Waals surface area contributed by atoms with Gasteiger partial charge in [-0.25, -0.2) is 0 Å². The van der Waals surface area contributed by atoms with Gasteiger partial charge in [-0.15, -0.1) is 0 Å². The van der Waals surface area contributed by atoms with Crippen molar-refractivity contribution >= 4 is 11.9 Å². The van der Waals surface area contributed by atoms with Gasteiger partial charge in [-0.2, -0.15) is 0 Å². The summed E-state index contributed by atoms with van der Waals surface area (Å²) < 4.78 is 0. The molecule has 0 radical (unpaired) electrons. The molecule has 4 aliphatic rings. The van der Waals surface area contributed by atoms with E-state index in [2.05, 4.69) is 32.2 Å². The van der Waals surface area contributed by atoms with Crippen LogP contribution in [-0.4, -0.2) is 34.7 Å². The predicted molar refractivity (Wildman–Crippen MR) is 120 cm³/mol. The SMILES string of the molecule is C[C@H](C(=O)NCCCC(=O)O)[C@H]1CC[C@H]2[C@@H]3CC=C4C[C@@H](O)CC[C@]4(C)[C@H]3CC[C@]12C. The summed E-state index contributed by atoms with van der Waals surface area (Å²) in [5.74, 6) is 1.78. The minimum absolute atomic E-state index is 0.0218. The van der Waals surface area contributed by atoms with Gasteiger partial charge in [0.2, 0.25) is 5.91 Å². The number of aliphatic hydroxyl groups excluding tert-OH is 1. The Morgan fingerprint density at radius 1 is 1.16 bits per heavy atom. The molecular weight excluding hydrogens is 390 g/mol. The van der Waals surface area contributed by atoms with Crippen LogP contribution in [0.25, 0.3) is 0 Å². The summed E-state index contributed by atoms with van der Waals surface area (Å²) in [7, 11) is 0. The minimum atomic E-state index is -0.809. The van der Waals surface area contributed by atoms with E-state index in [-0.39, 0.29) is 35.2 Å². The summed E-state index contributed by atoms with van der Waals surface area (Å²) in [5.41, 5.74) is 1.99. The summed E-state index contributed by atoms with van der Waals surface area (Å²) in [6.07, 6.45) is 11.8. The van der Waals surface area contributed by atoms with Gasteiger partial charge in [0.1, 0.15) is 0 Å². The smallest absolute Gasteiger partial charge is 0.303 e. The molecule has 5 heteroatoms. The maximum Gasteiger partial charge on any atom is 0.303 e. The average Bonchev–Trinajstić information content (AvgIpc) is 3.08. The van der Waals surface area contributed by atoms with E-state index in [9.17, 15) is 14.7 Å². The fraction of sp³-hybridized carbons (Fsp3) is 0.846. The van der Waals surface area contributed by atoms with E-state index in [4.69, 9.17) is 5.11 Å². The van der Waals surface area contributed by atoms with Crippen molar-refractivity contribution in [3.8, 4) is 0 Å². The van der Waals surface area contributed by atoms with Gasteiger partial charge in [-0.05, 0) is 92.3 Å². The van der Waals surface area contributed by atoms with Gasteiger partial charge >= 0.3 is 5.97 Å².